The molecule has 0 aromatic carbocycles. The summed E-state index contributed by atoms with van der Waals surface area (Å²) in [6.45, 7) is 5.75. The van der Waals surface area contributed by atoms with Crippen molar-refractivity contribution in [2.45, 2.75) is 32.7 Å². The number of nitrogens with one attached hydrogen (secondary N) is 1. The second-order valence-corrected chi connectivity index (χ2v) is 4.59. The maximum atomic E-state index is 12.0. The number of hydrogen-bond acceptors (Lipinski definition) is 4. The predicted molar refractivity (Wildman–Crippen MR) is 65.9 cm³/mol. The van der Waals surface area contributed by atoms with Gasteiger partial charge in [-0.15, -0.1) is 0 Å². The van der Waals surface area contributed by atoms with Gasteiger partial charge in [0.1, 0.15) is 11.5 Å². The third-order valence-electron chi connectivity index (χ3n) is 2.70. The van der Waals surface area contributed by atoms with Gasteiger partial charge in [-0.2, -0.15) is 0 Å². The topological polar surface area (TPSA) is 58.1 Å². The number of likely N-dealkylation sites (tertiary alicyclic amines) is 1. The quantitative estimate of drug-likeness (QED) is 0.861. The first-order chi connectivity index (χ1) is 8.16. The van der Waals surface area contributed by atoms with Crippen LogP contribution >= 0.6 is 0 Å². The zero-order valence-electron chi connectivity index (χ0n) is 10.3. The van der Waals surface area contributed by atoms with Gasteiger partial charge in [-0.1, -0.05) is 0 Å². The zero-order valence-corrected chi connectivity index (χ0v) is 10.3. The van der Waals surface area contributed by atoms with Gasteiger partial charge in [0.15, 0.2) is 0 Å². The van der Waals surface area contributed by atoms with Gasteiger partial charge in [-0.05, 0) is 26.7 Å². The van der Waals surface area contributed by atoms with Crippen molar-refractivity contribution in [2.24, 2.45) is 0 Å². The fourth-order valence-electron chi connectivity index (χ4n) is 1.89. The number of carbonyl (C=O) groups is 1. The van der Waals surface area contributed by atoms with Crippen molar-refractivity contribution in [3.63, 3.8) is 0 Å². The first-order valence-electron chi connectivity index (χ1n) is 6.04. The third-order valence-corrected chi connectivity index (χ3v) is 2.70. The van der Waals surface area contributed by atoms with E-state index in [0.29, 0.717) is 17.6 Å². The molecule has 1 aliphatic heterocycles. The van der Waals surface area contributed by atoms with Crippen molar-refractivity contribution in [1.29, 1.82) is 0 Å². The summed E-state index contributed by atoms with van der Waals surface area (Å²) < 4.78 is 0. The molecule has 0 radical (unpaired) electrons. The number of aromatic nitrogens is 2. The third kappa shape index (κ3) is 2.93. The second-order valence-electron chi connectivity index (χ2n) is 4.59. The molecule has 17 heavy (non-hydrogen) atoms. The Morgan fingerprint density at radius 3 is 2.53 bits per heavy atom. The lowest BCUT2D eigenvalue weighted by molar-refractivity contribution is 0.0786. The number of nitrogens with zero attached hydrogens (tertiary/aromatic N) is 3. The average molecular weight is 234 g/mol. The lowest BCUT2D eigenvalue weighted by atomic mass is 10.3. The largest absolute Gasteiger partial charge is 0.367 e. The molecule has 0 aliphatic carbocycles. The maximum absolute atomic E-state index is 12.0. The molecule has 1 aromatic heterocycles. The molecule has 1 fully saturated rings. The van der Waals surface area contributed by atoms with E-state index < -0.39 is 0 Å². The number of amides is 1. The van der Waals surface area contributed by atoms with E-state index in [1.54, 1.807) is 12.4 Å². The Bertz CT molecular complexity index is 382. The van der Waals surface area contributed by atoms with Crippen molar-refractivity contribution in [3.05, 3.63) is 18.1 Å². The molecule has 92 valence electrons. The van der Waals surface area contributed by atoms with E-state index in [9.17, 15) is 4.79 Å². The SMILES string of the molecule is CC(C)Nc1cnc(C(=O)N2CCCC2)cn1. The van der Waals surface area contributed by atoms with Gasteiger partial charge in [-0.3, -0.25) is 4.79 Å². The summed E-state index contributed by atoms with van der Waals surface area (Å²) in [4.78, 5) is 22.2. The minimum Gasteiger partial charge on any atom is -0.367 e. The van der Waals surface area contributed by atoms with Crippen LogP contribution in [0.5, 0.6) is 0 Å². The van der Waals surface area contributed by atoms with E-state index in [1.807, 2.05) is 18.7 Å². The highest BCUT2D eigenvalue weighted by atomic mass is 16.2. The van der Waals surface area contributed by atoms with Gasteiger partial charge in [0.2, 0.25) is 0 Å². The molecule has 2 rings (SSSR count). The predicted octanol–water partition coefficient (Wildman–Crippen LogP) is 1.53. The van der Waals surface area contributed by atoms with E-state index in [0.717, 1.165) is 25.9 Å². The van der Waals surface area contributed by atoms with Gasteiger partial charge in [0, 0.05) is 19.1 Å². The molecular weight excluding hydrogens is 216 g/mol. The lowest BCUT2D eigenvalue weighted by Crippen LogP contribution is -2.28. The van der Waals surface area contributed by atoms with E-state index in [1.165, 1.54) is 0 Å². The van der Waals surface area contributed by atoms with Crippen LogP contribution in [0.2, 0.25) is 0 Å². The standard InChI is InChI=1S/C12H18N4O/c1-9(2)15-11-8-13-10(7-14-11)12(17)16-5-3-4-6-16/h7-9H,3-6H2,1-2H3,(H,14,15). The minimum atomic E-state index is -0.00824. The van der Waals surface area contributed by atoms with Gasteiger partial charge in [0.05, 0.1) is 12.4 Å². The van der Waals surface area contributed by atoms with Crippen LogP contribution in [0.3, 0.4) is 0 Å². The molecule has 1 N–H and O–H groups in total. The van der Waals surface area contributed by atoms with E-state index in [-0.39, 0.29) is 5.91 Å². The van der Waals surface area contributed by atoms with Crippen LogP contribution in [0.1, 0.15) is 37.2 Å². The molecule has 2 heterocycles. The molecular formula is C12H18N4O. The van der Waals surface area contributed by atoms with Crippen LogP contribution in [0.15, 0.2) is 12.4 Å². The summed E-state index contributed by atoms with van der Waals surface area (Å²) in [5.41, 5.74) is 0.432. The molecule has 0 unspecified atom stereocenters. The molecule has 0 saturated carbocycles. The number of hydrogen-bond donors (Lipinski definition) is 1. The van der Waals surface area contributed by atoms with E-state index in [4.69, 9.17) is 0 Å². The minimum absolute atomic E-state index is 0.00824. The second kappa shape index (κ2) is 5.12. The monoisotopic (exact) mass is 234 g/mol. The smallest absolute Gasteiger partial charge is 0.274 e. The molecule has 0 bridgehead atoms. The van der Waals surface area contributed by atoms with Gasteiger partial charge < -0.3 is 10.2 Å². The summed E-state index contributed by atoms with van der Waals surface area (Å²) in [7, 11) is 0. The molecule has 1 saturated heterocycles. The molecule has 1 aliphatic rings. The normalized spacial score (nSPS) is 15.4. The van der Waals surface area contributed by atoms with E-state index in [2.05, 4.69) is 15.3 Å². The number of rotatable bonds is 3. The Morgan fingerprint density at radius 1 is 1.29 bits per heavy atom. The van der Waals surface area contributed by atoms with E-state index >= 15 is 0 Å². The Labute approximate surface area is 101 Å². The van der Waals surface area contributed by atoms with Crippen LogP contribution in [0, 0.1) is 0 Å². The maximum Gasteiger partial charge on any atom is 0.274 e. The highest BCUT2D eigenvalue weighted by molar-refractivity contribution is 5.92. The molecule has 0 atom stereocenters. The molecule has 1 amide bonds. The zero-order chi connectivity index (χ0) is 12.3. The van der Waals surface area contributed by atoms with Crippen molar-refractivity contribution < 1.29 is 4.79 Å². The summed E-state index contributed by atoms with van der Waals surface area (Å²) in [5, 5.41) is 3.14. The van der Waals surface area contributed by atoms with Crippen molar-refractivity contribution in [3.8, 4) is 0 Å². The number of anilines is 1. The average Bonchev–Trinajstić information content (AvgIpc) is 2.82. The lowest BCUT2D eigenvalue weighted by Gasteiger charge is -2.14. The summed E-state index contributed by atoms with van der Waals surface area (Å²) in [6.07, 6.45) is 5.34. The Hall–Kier alpha value is -1.65. The van der Waals surface area contributed by atoms with Crippen molar-refractivity contribution in [1.82, 2.24) is 14.9 Å². The Kier molecular flexibility index (Phi) is 3.56. The highest BCUT2D eigenvalue weighted by Crippen LogP contribution is 2.11. The van der Waals surface area contributed by atoms with Crippen LogP contribution in [-0.4, -0.2) is 39.9 Å². The van der Waals surface area contributed by atoms with Gasteiger partial charge in [-0.25, -0.2) is 9.97 Å². The molecule has 0 spiro atoms. The first-order valence-corrected chi connectivity index (χ1v) is 6.04. The summed E-state index contributed by atoms with van der Waals surface area (Å²) >= 11 is 0. The van der Waals surface area contributed by atoms with Gasteiger partial charge >= 0.3 is 0 Å². The Morgan fingerprint density at radius 2 is 2.00 bits per heavy atom. The molecule has 5 nitrogen and oxygen atoms in total. The van der Waals surface area contributed by atoms with Crippen LogP contribution in [-0.2, 0) is 0 Å². The highest BCUT2D eigenvalue weighted by Gasteiger charge is 2.20. The fourth-order valence-corrected chi connectivity index (χ4v) is 1.89. The van der Waals surface area contributed by atoms with Crippen LogP contribution in [0.25, 0.3) is 0 Å². The molecule has 1 aromatic rings. The van der Waals surface area contributed by atoms with Crippen molar-refractivity contribution in [2.75, 3.05) is 18.4 Å². The fraction of sp³-hybridized carbons (Fsp3) is 0.583. The van der Waals surface area contributed by atoms with Crippen LogP contribution in [0.4, 0.5) is 5.82 Å². The van der Waals surface area contributed by atoms with Crippen molar-refractivity contribution >= 4 is 11.7 Å². The summed E-state index contributed by atoms with van der Waals surface area (Å²) in [6, 6.07) is 0.310. The number of carbonyl (C=O) groups excluding carboxylic acids is 1. The van der Waals surface area contributed by atoms with Gasteiger partial charge in [0.25, 0.3) is 5.91 Å². The first kappa shape index (κ1) is 11.8. The summed E-state index contributed by atoms with van der Waals surface area (Å²) in [5.74, 6) is 0.698. The Balaban J connectivity index is 2.04. The molecule has 5 heteroatoms. The van der Waals surface area contributed by atoms with Crippen LogP contribution < -0.4 is 5.32 Å².